The molecule has 0 saturated heterocycles. The molecule has 72 valence electrons. The first kappa shape index (κ1) is 8.16. The molecule has 0 aromatic rings. The maximum absolute atomic E-state index is 11.6. The standard InChI is InChI=1S/C12H12O2/c1-6-4-10(14)8-5-7-2-3-9(13)12(7)11(6)8/h2-4,7-8,11-12H,5H2,1H3. The normalized spacial score (nSPS) is 44.2. The second-order valence-corrected chi connectivity index (χ2v) is 4.61. The predicted octanol–water partition coefficient (Wildman–Crippen LogP) is 1.52. The van der Waals surface area contributed by atoms with Gasteiger partial charge < -0.3 is 0 Å². The molecule has 3 aliphatic carbocycles. The highest BCUT2D eigenvalue weighted by Crippen LogP contribution is 2.52. The molecule has 14 heavy (non-hydrogen) atoms. The highest BCUT2D eigenvalue weighted by molar-refractivity contribution is 6.01. The van der Waals surface area contributed by atoms with Gasteiger partial charge in [0.15, 0.2) is 11.6 Å². The zero-order valence-electron chi connectivity index (χ0n) is 8.07. The van der Waals surface area contributed by atoms with E-state index < -0.39 is 0 Å². The third-order valence-corrected chi connectivity index (χ3v) is 3.91. The lowest BCUT2D eigenvalue weighted by molar-refractivity contribution is -0.119. The van der Waals surface area contributed by atoms with Gasteiger partial charge >= 0.3 is 0 Å². The van der Waals surface area contributed by atoms with Crippen LogP contribution in [0.1, 0.15) is 13.3 Å². The maximum Gasteiger partial charge on any atom is 0.159 e. The SMILES string of the molecule is CC1=CC(=O)C2CC3C=CC(=O)C3C12. The van der Waals surface area contributed by atoms with Crippen LogP contribution < -0.4 is 0 Å². The number of carbonyl (C=O) groups is 2. The van der Waals surface area contributed by atoms with Gasteiger partial charge in [0.25, 0.3) is 0 Å². The van der Waals surface area contributed by atoms with Crippen LogP contribution in [-0.4, -0.2) is 11.6 Å². The van der Waals surface area contributed by atoms with Gasteiger partial charge in [-0.05, 0) is 31.4 Å². The van der Waals surface area contributed by atoms with Crippen LogP contribution in [0, 0.1) is 23.7 Å². The Labute approximate surface area is 82.7 Å². The summed E-state index contributed by atoms with van der Waals surface area (Å²) in [5, 5.41) is 0. The van der Waals surface area contributed by atoms with Crippen molar-refractivity contribution in [2.45, 2.75) is 13.3 Å². The second kappa shape index (κ2) is 2.44. The van der Waals surface area contributed by atoms with E-state index in [9.17, 15) is 9.59 Å². The fraction of sp³-hybridized carbons (Fsp3) is 0.500. The first-order valence-electron chi connectivity index (χ1n) is 5.12. The lowest BCUT2D eigenvalue weighted by atomic mass is 9.85. The molecule has 0 radical (unpaired) electrons. The van der Waals surface area contributed by atoms with Crippen molar-refractivity contribution in [2.75, 3.05) is 0 Å². The highest BCUT2D eigenvalue weighted by atomic mass is 16.1. The number of ketones is 2. The Morgan fingerprint density at radius 3 is 2.79 bits per heavy atom. The van der Waals surface area contributed by atoms with Crippen LogP contribution in [0.4, 0.5) is 0 Å². The zero-order valence-corrected chi connectivity index (χ0v) is 8.07. The summed E-state index contributed by atoms with van der Waals surface area (Å²) in [4.78, 5) is 23.2. The van der Waals surface area contributed by atoms with E-state index in [1.54, 1.807) is 12.2 Å². The van der Waals surface area contributed by atoms with E-state index >= 15 is 0 Å². The molecule has 4 unspecified atom stereocenters. The van der Waals surface area contributed by atoms with Crippen LogP contribution in [0.15, 0.2) is 23.8 Å². The van der Waals surface area contributed by atoms with Gasteiger partial charge in [0.1, 0.15) is 0 Å². The molecule has 0 heterocycles. The summed E-state index contributed by atoms with van der Waals surface area (Å²) in [6.07, 6.45) is 6.30. The molecule has 0 amide bonds. The molecule has 0 spiro atoms. The van der Waals surface area contributed by atoms with Crippen molar-refractivity contribution in [3.8, 4) is 0 Å². The van der Waals surface area contributed by atoms with Crippen molar-refractivity contribution in [2.24, 2.45) is 23.7 Å². The molecular formula is C12H12O2. The van der Waals surface area contributed by atoms with E-state index in [1.807, 2.05) is 13.0 Å². The predicted molar refractivity (Wildman–Crippen MR) is 51.5 cm³/mol. The van der Waals surface area contributed by atoms with Crippen LogP contribution in [0.25, 0.3) is 0 Å². The molecule has 3 rings (SSSR count). The molecule has 0 aromatic carbocycles. The Balaban J connectivity index is 2.03. The van der Waals surface area contributed by atoms with Gasteiger partial charge in [-0.1, -0.05) is 11.6 Å². The zero-order chi connectivity index (χ0) is 9.87. The molecule has 0 bridgehead atoms. The smallest absolute Gasteiger partial charge is 0.159 e. The van der Waals surface area contributed by atoms with Crippen LogP contribution >= 0.6 is 0 Å². The maximum atomic E-state index is 11.6. The minimum absolute atomic E-state index is 0.0858. The minimum Gasteiger partial charge on any atom is -0.295 e. The lowest BCUT2D eigenvalue weighted by Gasteiger charge is -2.16. The van der Waals surface area contributed by atoms with Crippen molar-refractivity contribution in [3.63, 3.8) is 0 Å². The van der Waals surface area contributed by atoms with Crippen LogP contribution in [0.2, 0.25) is 0 Å². The number of hydrogen-bond acceptors (Lipinski definition) is 2. The largest absolute Gasteiger partial charge is 0.295 e. The average Bonchev–Trinajstić information content (AvgIpc) is 2.71. The van der Waals surface area contributed by atoms with Crippen molar-refractivity contribution in [3.05, 3.63) is 23.8 Å². The van der Waals surface area contributed by atoms with E-state index in [4.69, 9.17) is 0 Å². The number of fused-ring (bicyclic) bond motifs is 3. The molecule has 2 nitrogen and oxygen atoms in total. The van der Waals surface area contributed by atoms with Gasteiger partial charge in [0, 0.05) is 17.8 Å². The van der Waals surface area contributed by atoms with Crippen LogP contribution in [-0.2, 0) is 9.59 Å². The third-order valence-electron chi connectivity index (χ3n) is 3.91. The second-order valence-electron chi connectivity index (χ2n) is 4.61. The number of hydrogen-bond donors (Lipinski definition) is 0. The summed E-state index contributed by atoms with van der Waals surface area (Å²) < 4.78 is 0. The fourth-order valence-electron chi connectivity index (χ4n) is 3.34. The topological polar surface area (TPSA) is 34.1 Å². The third kappa shape index (κ3) is 0.813. The Bertz CT molecular complexity index is 389. The molecule has 1 saturated carbocycles. The monoisotopic (exact) mass is 188 g/mol. The van der Waals surface area contributed by atoms with Crippen molar-refractivity contribution >= 4 is 11.6 Å². The molecule has 3 aliphatic rings. The summed E-state index contributed by atoms with van der Waals surface area (Å²) in [5.74, 6) is 1.22. The Kier molecular flexibility index (Phi) is 1.42. The number of allylic oxidation sites excluding steroid dienone is 4. The summed E-state index contributed by atoms with van der Waals surface area (Å²) in [6, 6.07) is 0. The van der Waals surface area contributed by atoms with Crippen molar-refractivity contribution in [1.82, 2.24) is 0 Å². The minimum atomic E-state index is 0.0858. The molecule has 0 aliphatic heterocycles. The van der Waals surface area contributed by atoms with Crippen LogP contribution in [0.3, 0.4) is 0 Å². The average molecular weight is 188 g/mol. The quantitative estimate of drug-likeness (QED) is 0.577. The van der Waals surface area contributed by atoms with E-state index in [1.165, 1.54) is 0 Å². The highest BCUT2D eigenvalue weighted by Gasteiger charge is 2.52. The molecule has 1 fully saturated rings. The summed E-state index contributed by atoms with van der Waals surface area (Å²) in [5.41, 5.74) is 1.12. The van der Waals surface area contributed by atoms with Gasteiger partial charge in [0.2, 0.25) is 0 Å². The fourth-order valence-corrected chi connectivity index (χ4v) is 3.34. The number of carbonyl (C=O) groups excluding carboxylic acids is 2. The van der Waals surface area contributed by atoms with Gasteiger partial charge in [-0.25, -0.2) is 0 Å². The van der Waals surface area contributed by atoms with Gasteiger partial charge in [-0.3, -0.25) is 9.59 Å². The van der Waals surface area contributed by atoms with Gasteiger partial charge in [-0.2, -0.15) is 0 Å². The summed E-state index contributed by atoms with van der Waals surface area (Å²) in [7, 11) is 0. The van der Waals surface area contributed by atoms with E-state index in [0.717, 1.165) is 12.0 Å². The summed E-state index contributed by atoms with van der Waals surface area (Å²) >= 11 is 0. The Hall–Kier alpha value is -1.18. The first-order chi connectivity index (χ1) is 6.68. The molecule has 2 heteroatoms. The Morgan fingerprint density at radius 2 is 2.00 bits per heavy atom. The first-order valence-corrected chi connectivity index (χ1v) is 5.12. The van der Waals surface area contributed by atoms with Gasteiger partial charge in [-0.15, -0.1) is 0 Å². The van der Waals surface area contributed by atoms with Crippen molar-refractivity contribution in [1.29, 1.82) is 0 Å². The number of rotatable bonds is 0. The van der Waals surface area contributed by atoms with E-state index in [0.29, 0.717) is 5.92 Å². The van der Waals surface area contributed by atoms with E-state index in [-0.39, 0.29) is 29.3 Å². The van der Waals surface area contributed by atoms with Crippen molar-refractivity contribution < 1.29 is 9.59 Å². The van der Waals surface area contributed by atoms with Gasteiger partial charge in [0.05, 0.1) is 0 Å². The molecule has 0 aromatic heterocycles. The van der Waals surface area contributed by atoms with Crippen LogP contribution in [0.5, 0.6) is 0 Å². The Morgan fingerprint density at radius 1 is 1.21 bits per heavy atom. The molecule has 4 atom stereocenters. The van der Waals surface area contributed by atoms with E-state index in [2.05, 4.69) is 0 Å². The lowest BCUT2D eigenvalue weighted by Crippen LogP contribution is -2.21. The summed E-state index contributed by atoms with van der Waals surface area (Å²) in [6.45, 7) is 1.98. The molecule has 0 N–H and O–H groups in total. The molecular weight excluding hydrogens is 176 g/mol.